The van der Waals surface area contributed by atoms with Crippen molar-refractivity contribution in [3.8, 4) is 0 Å². The summed E-state index contributed by atoms with van der Waals surface area (Å²) in [5.41, 5.74) is 6.26. The summed E-state index contributed by atoms with van der Waals surface area (Å²) in [6, 6.07) is 7.55. The summed E-state index contributed by atoms with van der Waals surface area (Å²) in [7, 11) is 2.96. The van der Waals surface area contributed by atoms with Crippen molar-refractivity contribution in [1.29, 1.82) is 0 Å². The van der Waals surface area contributed by atoms with Crippen LogP contribution in [0.25, 0.3) is 10.2 Å². The highest BCUT2D eigenvalue weighted by Crippen LogP contribution is 2.34. The maximum absolute atomic E-state index is 12.6. The quantitative estimate of drug-likeness (QED) is 0.606. The van der Waals surface area contributed by atoms with Crippen molar-refractivity contribution in [2.45, 2.75) is 12.5 Å². The number of nitrogens with one attached hydrogen (secondary N) is 1. The number of methoxy groups -OCH3 is 2. The number of nitrogen functional groups attached to an aromatic ring is 1. The number of hydrogen-bond acceptors (Lipinski definition) is 6. The van der Waals surface area contributed by atoms with E-state index in [1.165, 1.54) is 26.4 Å². The molecule has 0 saturated heterocycles. The van der Waals surface area contributed by atoms with Crippen LogP contribution in [-0.2, 0) is 15.7 Å². The molecule has 0 aliphatic rings. The van der Waals surface area contributed by atoms with E-state index in [9.17, 15) is 18.0 Å². The smallest absolute Gasteiger partial charge is 0.397 e. The monoisotopic (exact) mass is 411 g/mol. The van der Waals surface area contributed by atoms with Gasteiger partial charge < -0.3 is 20.5 Å². The van der Waals surface area contributed by atoms with E-state index in [2.05, 4.69) is 10.3 Å². The third-order valence-electron chi connectivity index (χ3n) is 3.96. The standard InChI is InChI=1S/C18H16F3N3O3S/c1-26-17(27-2)12-8-7-11-13(22)14(28-16(11)24-12)15(25)23-10-5-3-9(4-6-10)18(19,20)21/h3-8,17H,22H2,1-2H3,(H,23,25). The van der Waals surface area contributed by atoms with Gasteiger partial charge in [0, 0.05) is 25.3 Å². The molecule has 0 fully saturated rings. The SMILES string of the molecule is COC(OC)c1ccc2c(N)c(C(=O)Nc3ccc(C(F)(F)F)cc3)sc2n1. The van der Waals surface area contributed by atoms with Crippen molar-refractivity contribution >= 4 is 38.8 Å². The second-order valence-corrected chi connectivity index (χ2v) is 6.77. The number of hydrogen-bond donors (Lipinski definition) is 2. The summed E-state index contributed by atoms with van der Waals surface area (Å²) in [5, 5.41) is 3.14. The number of benzene rings is 1. The fraction of sp³-hybridized carbons (Fsp3) is 0.222. The number of nitrogens with zero attached hydrogens (tertiary/aromatic N) is 1. The van der Waals surface area contributed by atoms with Crippen LogP contribution in [0, 0.1) is 0 Å². The van der Waals surface area contributed by atoms with Gasteiger partial charge in [-0.3, -0.25) is 4.79 Å². The first-order valence-corrected chi connectivity index (χ1v) is 8.79. The summed E-state index contributed by atoms with van der Waals surface area (Å²) in [5.74, 6) is -0.531. The normalized spacial score (nSPS) is 11.9. The Balaban J connectivity index is 1.86. The molecule has 3 rings (SSSR count). The van der Waals surface area contributed by atoms with E-state index in [1.54, 1.807) is 12.1 Å². The predicted octanol–water partition coefficient (Wildman–Crippen LogP) is 4.44. The molecule has 2 aromatic heterocycles. The molecule has 2 heterocycles. The first-order valence-electron chi connectivity index (χ1n) is 7.97. The van der Waals surface area contributed by atoms with E-state index < -0.39 is 23.9 Å². The molecular weight excluding hydrogens is 395 g/mol. The molecule has 1 amide bonds. The van der Waals surface area contributed by atoms with Gasteiger partial charge in [-0.15, -0.1) is 11.3 Å². The number of nitrogens with two attached hydrogens (primary N) is 1. The largest absolute Gasteiger partial charge is 0.416 e. The second-order valence-electron chi connectivity index (χ2n) is 5.77. The molecular formula is C18H16F3N3O3S. The van der Waals surface area contributed by atoms with Crippen LogP contribution in [0.2, 0.25) is 0 Å². The van der Waals surface area contributed by atoms with Crippen molar-refractivity contribution in [2.24, 2.45) is 0 Å². The second kappa shape index (κ2) is 7.74. The van der Waals surface area contributed by atoms with E-state index in [-0.39, 0.29) is 16.3 Å². The number of ether oxygens (including phenoxy) is 2. The van der Waals surface area contributed by atoms with Gasteiger partial charge >= 0.3 is 6.18 Å². The van der Waals surface area contributed by atoms with Gasteiger partial charge in [0.25, 0.3) is 5.91 Å². The zero-order valence-electron chi connectivity index (χ0n) is 14.8. The van der Waals surface area contributed by atoms with E-state index >= 15 is 0 Å². The average Bonchev–Trinajstić information content (AvgIpc) is 2.99. The van der Waals surface area contributed by atoms with E-state index in [0.29, 0.717) is 15.9 Å². The van der Waals surface area contributed by atoms with Crippen LogP contribution in [-0.4, -0.2) is 25.1 Å². The van der Waals surface area contributed by atoms with Crippen molar-refractivity contribution in [1.82, 2.24) is 4.98 Å². The number of thiophene rings is 1. The Morgan fingerprint density at radius 2 is 1.79 bits per heavy atom. The number of rotatable bonds is 5. The van der Waals surface area contributed by atoms with Crippen molar-refractivity contribution < 1.29 is 27.4 Å². The van der Waals surface area contributed by atoms with Crippen molar-refractivity contribution in [3.63, 3.8) is 0 Å². The van der Waals surface area contributed by atoms with E-state index in [4.69, 9.17) is 15.2 Å². The number of anilines is 2. The average molecular weight is 411 g/mol. The lowest BCUT2D eigenvalue weighted by atomic mass is 10.2. The molecule has 0 atom stereocenters. The molecule has 1 aromatic carbocycles. The van der Waals surface area contributed by atoms with Gasteiger partial charge in [0.05, 0.1) is 16.9 Å². The number of carbonyl (C=O) groups excluding carboxylic acids is 1. The van der Waals surface area contributed by atoms with Crippen LogP contribution in [0.4, 0.5) is 24.5 Å². The summed E-state index contributed by atoms with van der Waals surface area (Å²) in [6.45, 7) is 0. The number of halogens is 3. The molecule has 3 N–H and O–H groups in total. The highest BCUT2D eigenvalue weighted by atomic mass is 32.1. The van der Waals surface area contributed by atoms with Crippen LogP contribution < -0.4 is 11.1 Å². The van der Waals surface area contributed by atoms with Crippen LogP contribution >= 0.6 is 11.3 Å². The summed E-state index contributed by atoms with van der Waals surface area (Å²) in [4.78, 5) is 17.7. The summed E-state index contributed by atoms with van der Waals surface area (Å²) < 4.78 is 48.2. The van der Waals surface area contributed by atoms with Crippen LogP contribution in [0.5, 0.6) is 0 Å². The summed E-state index contributed by atoms with van der Waals surface area (Å²) >= 11 is 1.07. The fourth-order valence-electron chi connectivity index (χ4n) is 2.58. The third-order valence-corrected chi connectivity index (χ3v) is 5.08. The number of carbonyl (C=O) groups is 1. The lowest BCUT2D eigenvalue weighted by molar-refractivity contribution is -0.137. The minimum Gasteiger partial charge on any atom is -0.397 e. The van der Waals surface area contributed by atoms with Crippen LogP contribution in [0.3, 0.4) is 0 Å². The van der Waals surface area contributed by atoms with Gasteiger partial charge in [-0.2, -0.15) is 13.2 Å². The highest BCUT2D eigenvalue weighted by Gasteiger charge is 2.30. The molecule has 0 spiro atoms. The molecule has 28 heavy (non-hydrogen) atoms. The molecule has 0 unspecified atom stereocenters. The first kappa shape index (κ1) is 20.1. The topological polar surface area (TPSA) is 86.5 Å². The number of amides is 1. The lowest BCUT2D eigenvalue weighted by Crippen LogP contribution is -2.12. The molecule has 0 aliphatic heterocycles. The van der Waals surface area contributed by atoms with Crippen LogP contribution in [0.1, 0.15) is 27.2 Å². The molecule has 0 radical (unpaired) electrons. The van der Waals surface area contributed by atoms with Gasteiger partial charge in [0.15, 0.2) is 0 Å². The zero-order chi connectivity index (χ0) is 20.5. The number of fused-ring (bicyclic) bond motifs is 1. The van der Waals surface area contributed by atoms with Crippen molar-refractivity contribution in [3.05, 3.63) is 52.5 Å². The van der Waals surface area contributed by atoms with E-state index in [0.717, 1.165) is 23.5 Å². The Morgan fingerprint density at radius 1 is 1.14 bits per heavy atom. The molecule has 6 nitrogen and oxygen atoms in total. The predicted molar refractivity (Wildman–Crippen MR) is 100 cm³/mol. The summed E-state index contributed by atoms with van der Waals surface area (Å²) in [6.07, 6.45) is -5.10. The molecule has 148 valence electrons. The van der Waals surface area contributed by atoms with Crippen molar-refractivity contribution in [2.75, 3.05) is 25.3 Å². The first-order chi connectivity index (χ1) is 13.2. The lowest BCUT2D eigenvalue weighted by Gasteiger charge is -2.12. The Morgan fingerprint density at radius 3 is 2.36 bits per heavy atom. The molecule has 0 aliphatic carbocycles. The van der Waals surface area contributed by atoms with Gasteiger partial charge in [-0.05, 0) is 36.4 Å². The van der Waals surface area contributed by atoms with Gasteiger partial charge in [-0.25, -0.2) is 4.98 Å². The number of aromatic nitrogens is 1. The van der Waals surface area contributed by atoms with Gasteiger partial charge in [0.1, 0.15) is 9.71 Å². The third kappa shape index (κ3) is 3.93. The molecule has 0 bridgehead atoms. The molecule has 10 heteroatoms. The molecule has 0 saturated carbocycles. The Bertz CT molecular complexity index is 999. The van der Waals surface area contributed by atoms with Crippen LogP contribution in [0.15, 0.2) is 36.4 Å². The highest BCUT2D eigenvalue weighted by molar-refractivity contribution is 7.21. The Hall–Kier alpha value is -2.69. The zero-order valence-corrected chi connectivity index (χ0v) is 15.6. The number of alkyl halides is 3. The molecule has 3 aromatic rings. The van der Waals surface area contributed by atoms with Gasteiger partial charge in [-0.1, -0.05) is 0 Å². The minimum atomic E-state index is -4.44. The minimum absolute atomic E-state index is 0.214. The van der Waals surface area contributed by atoms with Gasteiger partial charge in [0.2, 0.25) is 6.29 Å². The maximum atomic E-state index is 12.6. The Labute approximate surface area is 162 Å². The number of pyridine rings is 1. The maximum Gasteiger partial charge on any atom is 0.416 e. The Kier molecular flexibility index (Phi) is 5.54. The van der Waals surface area contributed by atoms with E-state index in [1.807, 2.05) is 0 Å². The fourth-order valence-corrected chi connectivity index (χ4v) is 3.58.